The zero-order valence-corrected chi connectivity index (χ0v) is 16.6. The number of amides is 2. The first kappa shape index (κ1) is 17.5. The lowest BCUT2D eigenvalue weighted by atomic mass is 9.87. The normalized spacial score (nSPS) is 34.3. The van der Waals surface area contributed by atoms with Gasteiger partial charge in [-0.05, 0) is 61.5 Å². The molecule has 4 aliphatic rings. The number of benzene rings is 1. The second-order valence-electron chi connectivity index (χ2n) is 8.98. The molecule has 0 radical (unpaired) electrons. The Labute approximate surface area is 164 Å². The molecule has 0 N–H and O–H groups in total. The molecule has 2 saturated carbocycles. The van der Waals surface area contributed by atoms with E-state index in [0.717, 1.165) is 23.3 Å². The van der Waals surface area contributed by atoms with Crippen LogP contribution in [0, 0.1) is 17.8 Å². The van der Waals surface area contributed by atoms with Gasteiger partial charge in [-0.3, -0.25) is 9.59 Å². The Kier molecular flexibility index (Phi) is 4.19. The lowest BCUT2D eigenvalue weighted by molar-refractivity contribution is -0.134. The minimum absolute atomic E-state index is 0.0610. The van der Waals surface area contributed by atoms with Crippen molar-refractivity contribution in [2.75, 3.05) is 0 Å². The van der Waals surface area contributed by atoms with Crippen LogP contribution in [-0.2, 0) is 22.7 Å². The average molecular weight is 383 g/mol. The lowest BCUT2D eigenvalue weighted by Crippen LogP contribution is -2.36. The van der Waals surface area contributed by atoms with Gasteiger partial charge in [0.15, 0.2) is 0 Å². The highest BCUT2D eigenvalue weighted by Gasteiger charge is 2.46. The van der Waals surface area contributed by atoms with Crippen LogP contribution in [0.3, 0.4) is 0 Å². The van der Waals surface area contributed by atoms with E-state index in [0.29, 0.717) is 19.0 Å². The highest BCUT2D eigenvalue weighted by molar-refractivity contribution is 8.16. The third-order valence-corrected chi connectivity index (χ3v) is 8.29. The van der Waals surface area contributed by atoms with Gasteiger partial charge in [-0.25, -0.2) is 4.99 Å². The van der Waals surface area contributed by atoms with E-state index in [4.69, 9.17) is 0 Å². The Morgan fingerprint density at radius 3 is 2.59 bits per heavy atom. The van der Waals surface area contributed by atoms with Crippen LogP contribution in [0.4, 0.5) is 0 Å². The molecular formula is C22H26N2O2S. The van der Waals surface area contributed by atoms with E-state index in [1.54, 1.807) is 11.8 Å². The Bertz CT molecular complexity index is 810. The quantitative estimate of drug-likeness (QED) is 0.785. The van der Waals surface area contributed by atoms with Crippen molar-refractivity contribution in [3.63, 3.8) is 0 Å². The van der Waals surface area contributed by atoms with Crippen LogP contribution in [0.25, 0.3) is 0 Å². The predicted octanol–water partition coefficient (Wildman–Crippen LogP) is 4.18. The molecule has 2 aliphatic heterocycles. The third kappa shape index (κ3) is 3.14. The molecule has 2 aliphatic carbocycles. The van der Waals surface area contributed by atoms with Crippen LogP contribution < -0.4 is 0 Å². The van der Waals surface area contributed by atoms with Gasteiger partial charge in [-0.1, -0.05) is 42.4 Å². The third-order valence-electron chi connectivity index (χ3n) is 7.03. The minimum Gasteiger partial charge on any atom is -0.334 e. The number of thioether (sulfide) groups is 1. The molecule has 5 rings (SSSR count). The molecule has 1 unspecified atom stereocenters. The maximum Gasteiger partial charge on any atom is 0.263 e. The first-order chi connectivity index (χ1) is 13.0. The van der Waals surface area contributed by atoms with Crippen molar-refractivity contribution in [1.29, 1.82) is 0 Å². The number of carbonyl (C=O) groups is 2. The fourth-order valence-corrected chi connectivity index (χ4v) is 6.79. The van der Waals surface area contributed by atoms with Crippen molar-refractivity contribution in [3.8, 4) is 0 Å². The van der Waals surface area contributed by atoms with Crippen LogP contribution >= 0.6 is 11.8 Å². The summed E-state index contributed by atoms with van der Waals surface area (Å²) in [6.45, 7) is 3.21. The lowest BCUT2D eigenvalue weighted by Gasteiger charge is -2.25. The molecule has 142 valence electrons. The van der Waals surface area contributed by atoms with Crippen molar-refractivity contribution < 1.29 is 9.59 Å². The molecule has 0 spiro atoms. The number of carbonyl (C=O) groups excluding carboxylic acids is 2. The van der Waals surface area contributed by atoms with Crippen molar-refractivity contribution in [1.82, 2.24) is 4.90 Å². The number of nitrogens with zero attached hydrogens (tertiary/aromatic N) is 2. The number of hydrogen-bond acceptors (Lipinski definition) is 3. The number of fused-ring (bicyclic) bond motifs is 3. The van der Waals surface area contributed by atoms with E-state index in [-0.39, 0.29) is 18.2 Å². The Morgan fingerprint density at radius 2 is 1.96 bits per heavy atom. The molecule has 27 heavy (non-hydrogen) atoms. The van der Waals surface area contributed by atoms with Gasteiger partial charge < -0.3 is 4.90 Å². The van der Waals surface area contributed by atoms with Gasteiger partial charge in [-0.15, -0.1) is 0 Å². The van der Waals surface area contributed by atoms with Crippen LogP contribution in [0.15, 0.2) is 29.3 Å². The number of rotatable bonds is 4. The fourth-order valence-electron chi connectivity index (χ4n) is 5.52. The molecule has 2 amide bonds. The topological polar surface area (TPSA) is 49.7 Å². The van der Waals surface area contributed by atoms with E-state index in [1.807, 2.05) is 24.0 Å². The molecule has 2 heterocycles. The van der Waals surface area contributed by atoms with Gasteiger partial charge in [0, 0.05) is 13.1 Å². The molecule has 2 fully saturated rings. The Morgan fingerprint density at radius 1 is 1.22 bits per heavy atom. The SMILES string of the molecule is CC1(CC(=O)N2Cc3ccccc3C2)SC(C[C@H]2C[C@@H]3CC[C@H]2C3)=NC1=O. The van der Waals surface area contributed by atoms with Gasteiger partial charge in [0.1, 0.15) is 4.75 Å². The molecule has 1 aromatic carbocycles. The Hall–Kier alpha value is -1.62. The van der Waals surface area contributed by atoms with E-state index in [2.05, 4.69) is 17.1 Å². The standard InChI is InChI=1S/C22H26N2O2S/c1-22(11-20(25)24-12-16-4-2-3-5-17(16)13-24)21(26)23-19(27-22)10-18-9-14-6-7-15(18)8-14/h2-5,14-15,18H,6-13H2,1H3/t14-,15+,18-,22?/m1/s1. The van der Waals surface area contributed by atoms with E-state index in [9.17, 15) is 9.59 Å². The summed E-state index contributed by atoms with van der Waals surface area (Å²) in [7, 11) is 0. The zero-order chi connectivity index (χ0) is 18.6. The molecule has 0 aromatic heterocycles. The molecule has 4 nitrogen and oxygen atoms in total. The summed E-state index contributed by atoms with van der Waals surface area (Å²) < 4.78 is -0.723. The maximum absolute atomic E-state index is 12.9. The van der Waals surface area contributed by atoms with Gasteiger partial charge in [0.25, 0.3) is 5.91 Å². The second-order valence-corrected chi connectivity index (χ2v) is 10.6. The summed E-state index contributed by atoms with van der Waals surface area (Å²) in [5.41, 5.74) is 2.43. The first-order valence-corrected chi connectivity index (χ1v) is 11.0. The van der Waals surface area contributed by atoms with E-state index in [1.165, 1.54) is 36.8 Å². The fraction of sp³-hybridized carbons (Fsp3) is 0.591. The van der Waals surface area contributed by atoms with E-state index >= 15 is 0 Å². The second kappa shape index (κ2) is 6.47. The van der Waals surface area contributed by atoms with Crippen molar-refractivity contribution in [2.24, 2.45) is 22.7 Å². The molecule has 1 aromatic rings. The predicted molar refractivity (Wildman–Crippen MR) is 107 cm³/mol. The number of aliphatic imine (C=N–C) groups is 1. The van der Waals surface area contributed by atoms with Crippen LogP contribution in [0.5, 0.6) is 0 Å². The molecule has 2 bridgehead atoms. The summed E-state index contributed by atoms with van der Waals surface area (Å²) >= 11 is 1.56. The van der Waals surface area contributed by atoms with E-state index < -0.39 is 4.75 Å². The summed E-state index contributed by atoms with van der Waals surface area (Å²) in [6, 6.07) is 8.19. The highest BCUT2D eigenvalue weighted by atomic mass is 32.2. The molecule has 4 atom stereocenters. The van der Waals surface area contributed by atoms with Gasteiger partial charge in [0.2, 0.25) is 5.91 Å². The largest absolute Gasteiger partial charge is 0.334 e. The van der Waals surface area contributed by atoms with Crippen molar-refractivity contribution >= 4 is 28.6 Å². The minimum atomic E-state index is -0.723. The summed E-state index contributed by atoms with van der Waals surface area (Å²) in [4.78, 5) is 31.8. The van der Waals surface area contributed by atoms with Crippen molar-refractivity contribution in [2.45, 2.75) is 63.3 Å². The van der Waals surface area contributed by atoms with Crippen LogP contribution in [0.1, 0.15) is 56.6 Å². The van der Waals surface area contributed by atoms with Crippen LogP contribution in [-0.4, -0.2) is 26.5 Å². The summed E-state index contributed by atoms with van der Waals surface area (Å²) in [5.74, 6) is 2.40. The van der Waals surface area contributed by atoms with Gasteiger partial charge in [0.05, 0.1) is 11.5 Å². The molecule has 5 heteroatoms. The smallest absolute Gasteiger partial charge is 0.263 e. The monoisotopic (exact) mass is 382 g/mol. The highest BCUT2D eigenvalue weighted by Crippen LogP contribution is 2.51. The van der Waals surface area contributed by atoms with Crippen LogP contribution in [0.2, 0.25) is 0 Å². The molecular weight excluding hydrogens is 356 g/mol. The maximum atomic E-state index is 12.9. The van der Waals surface area contributed by atoms with Crippen molar-refractivity contribution in [3.05, 3.63) is 35.4 Å². The number of hydrogen-bond donors (Lipinski definition) is 0. The van der Waals surface area contributed by atoms with Gasteiger partial charge >= 0.3 is 0 Å². The Balaban J connectivity index is 1.21. The average Bonchev–Trinajstić information content (AvgIpc) is 3.39. The summed E-state index contributed by atoms with van der Waals surface area (Å²) in [6.07, 6.45) is 6.61. The van der Waals surface area contributed by atoms with Gasteiger partial charge in [-0.2, -0.15) is 0 Å². The molecule has 0 saturated heterocycles. The first-order valence-electron chi connectivity index (χ1n) is 10.2. The zero-order valence-electron chi connectivity index (χ0n) is 15.8. The summed E-state index contributed by atoms with van der Waals surface area (Å²) in [5, 5.41) is 0.970.